The van der Waals surface area contributed by atoms with Crippen molar-refractivity contribution in [3.8, 4) is 0 Å². The van der Waals surface area contributed by atoms with Crippen LogP contribution in [0.5, 0.6) is 0 Å². The Hall–Kier alpha value is -2.60. The zero-order chi connectivity index (χ0) is 14.8. The van der Waals surface area contributed by atoms with Crippen molar-refractivity contribution in [1.82, 2.24) is 9.97 Å². The predicted octanol–water partition coefficient (Wildman–Crippen LogP) is 2.86. The number of aromatic nitrogens is 2. The number of carbonyl (C=O) groups is 1. The van der Waals surface area contributed by atoms with Gasteiger partial charge in [0.2, 0.25) is 0 Å². The Labute approximate surface area is 121 Å². The van der Waals surface area contributed by atoms with Crippen LogP contribution in [-0.4, -0.2) is 23.0 Å². The number of aromatic amines is 1. The Morgan fingerprint density at radius 3 is 3.05 bits per heavy atom. The fourth-order valence-corrected chi connectivity index (χ4v) is 2.13. The van der Waals surface area contributed by atoms with E-state index in [1.165, 1.54) is 0 Å². The number of fused-ring (bicyclic) bond motifs is 1. The molecule has 21 heavy (non-hydrogen) atoms. The monoisotopic (exact) mass is 285 g/mol. The lowest BCUT2D eigenvalue weighted by molar-refractivity contribution is 0.0987. The summed E-state index contributed by atoms with van der Waals surface area (Å²) < 4.78 is 10.3. The highest BCUT2D eigenvalue weighted by molar-refractivity contribution is 6.03. The van der Waals surface area contributed by atoms with Crippen LogP contribution in [0, 0.1) is 6.92 Å². The predicted molar refractivity (Wildman–Crippen MR) is 78.2 cm³/mol. The van der Waals surface area contributed by atoms with Crippen LogP contribution < -0.4 is 5.32 Å². The van der Waals surface area contributed by atoms with E-state index in [4.69, 9.17) is 9.15 Å². The Morgan fingerprint density at radius 2 is 2.24 bits per heavy atom. The molecule has 3 rings (SSSR count). The number of nitrogens with zero attached hydrogens (tertiary/aromatic N) is 1. The van der Waals surface area contributed by atoms with Crippen molar-refractivity contribution in [3.63, 3.8) is 0 Å². The molecule has 0 unspecified atom stereocenters. The minimum Gasteiger partial charge on any atom is -0.453 e. The molecule has 0 spiro atoms. The topological polar surface area (TPSA) is 80.1 Å². The molecular weight excluding hydrogens is 270 g/mol. The van der Waals surface area contributed by atoms with Gasteiger partial charge in [0.05, 0.1) is 11.0 Å². The zero-order valence-corrected chi connectivity index (χ0v) is 11.8. The van der Waals surface area contributed by atoms with Crippen LogP contribution >= 0.6 is 0 Å². The van der Waals surface area contributed by atoms with Crippen molar-refractivity contribution in [2.75, 3.05) is 12.4 Å². The summed E-state index contributed by atoms with van der Waals surface area (Å²) in [7, 11) is 1.57. The molecule has 0 aliphatic rings. The summed E-state index contributed by atoms with van der Waals surface area (Å²) >= 11 is 0. The molecule has 2 N–H and O–H groups in total. The molecule has 6 heteroatoms. The average Bonchev–Trinajstić information content (AvgIpc) is 3.04. The summed E-state index contributed by atoms with van der Waals surface area (Å²) in [5.74, 6) is 1.40. The zero-order valence-electron chi connectivity index (χ0n) is 11.8. The summed E-state index contributed by atoms with van der Waals surface area (Å²) in [6.45, 7) is 2.23. The van der Waals surface area contributed by atoms with Gasteiger partial charge in [-0.15, -0.1) is 0 Å². The third kappa shape index (κ3) is 2.80. The fourth-order valence-electron chi connectivity index (χ4n) is 2.13. The Kier molecular flexibility index (Phi) is 3.45. The Balaban J connectivity index is 1.78. The van der Waals surface area contributed by atoms with Crippen LogP contribution in [0.15, 0.2) is 34.7 Å². The number of rotatable bonds is 4. The molecule has 2 aromatic heterocycles. The summed E-state index contributed by atoms with van der Waals surface area (Å²) in [5, 5.41) is 2.79. The lowest BCUT2D eigenvalue weighted by atomic mass is 10.2. The minimum atomic E-state index is -0.298. The number of furan rings is 1. The quantitative estimate of drug-likeness (QED) is 0.772. The molecule has 0 radical (unpaired) electrons. The molecule has 6 nitrogen and oxygen atoms in total. The molecule has 0 atom stereocenters. The molecule has 0 saturated carbocycles. The van der Waals surface area contributed by atoms with Gasteiger partial charge in [-0.05, 0) is 37.3 Å². The first-order chi connectivity index (χ1) is 10.2. The van der Waals surface area contributed by atoms with E-state index in [2.05, 4.69) is 15.3 Å². The van der Waals surface area contributed by atoms with Crippen molar-refractivity contribution < 1.29 is 13.9 Å². The lowest BCUT2D eigenvalue weighted by Crippen LogP contribution is -2.10. The van der Waals surface area contributed by atoms with Crippen LogP contribution in [0.1, 0.15) is 22.1 Å². The first-order valence-electron chi connectivity index (χ1n) is 6.51. The van der Waals surface area contributed by atoms with Crippen LogP contribution in [0.3, 0.4) is 0 Å². The second-order valence-electron chi connectivity index (χ2n) is 4.71. The van der Waals surface area contributed by atoms with Gasteiger partial charge in [-0.25, -0.2) is 4.98 Å². The molecule has 0 bridgehead atoms. The summed E-state index contributed by atoms with van der Waals surface area (Å²) in [4.78, 5) is 19.5. The van der Waals surface area contributed by atoms with Crippen molar-refractivity contribution >= 4 is 22.6 Å². The molecule has 1 aromatic carbocycles. The number of imidazole rings is 1. The standard InChI is InChI=1S/C15H15N3O3/c1-9-16-12-5-3-10(7-13(12)17-9)18-15(19)14-6-4-11(21-14)8-20-2/h3-7H,8H2,1-2H3,(H,16,17)(H,18,19). The highest BCUT2D eigenvalue weighted by atomic mass is 16.5. The summed E-state index contributed by atoms with van der Waals surface area (Å²) in [6.07, 6.45) is 0. The second-order valence-corrected chi connectivity index (χ2v) is 4.71. The molecule has 3 aromatic rings. The number of aryl methyl sites for hydroxylation is 1. The van der Waals surface area contributed by atoms with Gasteiger partial charge in [0.1, 0.15) is 18.2 Å². The first-order valence-corrected chi connectivity index (χ1v) is 6.51. The van der Waals surface area contributed by atoms with Crippen molar-refractivity contribution in [2.24, 2.45) is 0 Å². The second kappa shape index (κ2) is 5.41. The van der Waals surface area contributed by atoms with Crippen LogP contribution in [0.2, 0.25) is 0 Å². The third-order valence-corrected chi connectivity index (χ3v) is 3.03. The fraction of sp³-hybridized carbons (Fsp3) is 0.200. The number of ether oxygens (including phenoxy) is 1. The smallest absolute Gasteiger partial charge is 0.291 e. The Bertz CT molecular complexity index is 788. The van der Waals surface area contributed by atoms with E-state index >= 15 is 0 Å². The van der Waals surface area contributed by atoms with Gasteiger partial charge in [-0.1, -0.05) is 0 Å². The number of hydrogen-bond donors (Lipinski definition) is 2. The molecule has 0 saturated heterocycles. The van der Waals surface area contributed by atoms with Crippen LogP contribution in [0.25, 0.3) is 11.0 Å². The molecule has 0 fully saturated rings. The first kappa shape index (κ1) is 13.4. The summed E-state index contributed by atoms with van der Waals surface area (Å²) in [6, 6.07) is 8.85. The van der Waals surface area contributed by atoms with Crippen molar-refractivity contribution in [2.45, 2.75) is 13.5 Å². The van der Waals surface area contributed by atoms with Gasteiger partial charge in [0.25, 0.3) is 5.91 Å². The lowest BCUT2D eigenvalue weighted by Gasteiger charge is -2.03. The highest BCUT2D eigenvalue weighted by Crippen LogP contribution is 2.18. The van der Waals surface area contributed by atoms with E-state index in [0.29, 0.717) is 18.1 Å². The number of amides is 1. The molecule has 108 valence electrons. The number of anilines is 1. The van der Waals surface area contributed by atoms with Crippen molar-refractivity contribution in [1.29, 1.82) is 0 Å². The minimum absolute atomic E-state index is 0.253. The van der Waals surface area contributed by atoms with E-state index in [9.17, 15) is 4.79 Å². The van der Waals surface area contributed by atoms with Crippen LogP contribution in [-0.2, 0) is 11.3 Å². The average molecular weight is 285 g/mol. The van der Waals surface area contributed by atoms with E-state index < -0.39 is 0 Å². The van der Waals surface area contributed by atoms with Gasteiger partial charge in [-0.3, -0.25) is 4.79 Å². The molecule has 0 aliphatic heterocycles. The Morgan fingerprint density at radius 1 is 1.38 bits per heavy atom. The molecular formula is C15H15N3O3. The number of nitrogens with one attached hydrogen (secondary N) is 2. The van der Waals surface area contributed by atoms with E-state index in [-0.39, 0.29) is 11.7 Å². The normalized spacial score (nSPS) is 11.0. The van der Waals surface area contributed by atoms with Gasteiger partial charge in [-0.2, -0.15) is 0 Å². The molecule has 2 heterocycles. The highest BCUT2D eigenvalue weighted by Gasteiger charge is 2.12. The van der Waals surface area contributed by atoms with E-state index in [1.54, 1.807) is 25.3 Å². The van der Waals surface area contributed by atoms with Crippen molar-refractivity contribution in [3.05, 3.63) is 47.7 Å². The third-order valence-electron chi connectivity index (χ3n) is 3.03. The maximum Gasteiger partial charge on any atom is 0.291 e. The van der Waals surface area contributed by atoms with Gasteiger partial charge in [0.15, 0.2) is 5.76 Å². The number of H-pyrrole nitrogens is 1. The van der Waals surface area contributed by atoms with Gasteiger partial charge >= 0.3 is 0 Å². The number of benzene rings is 1. The molecule has 0 aliphatic carbocycles. The SMILES string of the molecule is COCc1ccc(C(=O)Nc2ccc3nc(C)[nH]c3c2)o1. The van der Waals surface area contributed by atoms with Gasteiger partial charge in [0, 0.05) is 12.8 Å². The number of methoxy groups -OCH3 is 1. The number of carbonyl (C=O) groups excluding carboxylic acids is 1. The maximum atomic E-state index is 12.1. The van der Waals surface area contributed by atoms with E-state index in [0.717, 1.165) is 16.9 Å². The largest absolute Gasteiger partial charge is 0.453 e. The maximum absolute atomic E-state index is 12.1. The number of hydrogen-bond acceptors (Lipinski definition) is 4. The van der Waals surface area contributed by atoms with Crippen LogP contribution in [0.4, 0.5) is 5.69 Å². The molecule has 1 amide bonds. The van der Waals surface area contributed by atoms with Gasteiger partial charge < -0.3 is 19.5 Å². The summed E-state index contributed by atoms with van der Waals surface area (Å²) in [5.41, 5.74) is 2.43. The van der Waals surface area contributed by atoms with E-state index in [1.807, 2.05) is 19.1 Å².